The normalized spacial score (nSPS) is 11.5. The minimum atomic E-state index is -0.890. The Morgan fingerprint density at radius 3 is 0.949 bits per heavy atom. The maximum atomic E-state index is 15.0. The van der Waals surface area contributed by atoms with Gasteiger partial charge >= 0.3 is 0 Å². The number of methoxy groups -OCH3 is 6. The summed E-state index contributed by atoms with van der Waals surface area (Å²) >= 11 is 0. The number of unbranched alkanes of at least 4 members (excludes halogenated alkanes) is 2. The highest BCUT2D eigenvalue weighted by molar-refractivity contribution is 6.03. The number of aromatic nitrogens is 2. The van der Waals surface area contributed by atoms with Crippen molar-refractivity contribution in [3.05, 3.63) is 131 Å². The molecule has 6 N–H and O–H groups in total. The Morgan fingerprint density at radius 1 is 0.316 bits per heavy atom. The number of carbonyl (C=O) groups is 3. The second-order valence-electron chi connectivity index (χ2n) is 30.9. The molecular formula is C99H148N6O31. The number of benzene rings is 5. The maximum Gasteiger partial charge on any atom is 0.255 e. The third kappa shape index (κ3) is 45.9. The predicted octanol–water partition coefficient (Wildman–Crippen LogP) is 10.3. The lowest BCUT2D eigenvalue weighted by molar-refractivity contribution is -0.132. The van der Waals surface area contributed by atoms with Crippen molar-refractivity contribution in [2.75, 3.05) is 307 Å². The Labute approximate surface area is 800 Å². The van der Waals surface area contributed by atoms with Gasteiger partial charge in [0.25, 0.3) is 11.8 Å². The van der Waals surface area contributed by atoms with E-state index in [1.54, 1.807) is 104 Å². The van der Waals surface area contributed by atoms with Gasteiger partial charge in [-0.1, -0.05) is 44.0 Å². The predicted molar refractivity (Wildman–Crippen MR) is 508 cm³/mol. The number of amides is 3. The van der Waals surface area contributed by atoms with E-state index in [9.17, 15) is 19.8 Å². The van der Waals surface area contributed by atoms with Gasteiger partial charge in [-0.25, -0.2) is 0 Å². The number of pyridine rings is 2. The van der Waals surface area contributed by atoms with Crippen molar-refractivity contribution in [2.24, 2.45) is 5.41 Å². The molecule has 37 heteroatoms. The van der Waals surface area contributed by atoms with Gasteiger partial charge in [0.2, 0.25) is 17.4 Å². The number of nitrogens with one attached hydrogen (secondary N) is 4. The number of phenolic OH excluding ortho intramolecular Hbond substituents is 2. The molecule has 0 radical (unpaired) electrons. The zero-order chi connectivity index (χ0) is 96.6. The molecule has 0 aliphatic carbocycles. The quantitative estimate of drug-likeness (QED) is 0.0193. The molecule has 2 aromatic heterocycles. The SMILES string of the molecule is CCCCC(CCCNC(=O)c1ccc2cccnc2c1O)(CCCNC(=O)c1ccc2cccnc2c1O)C(=O)NCCCCNCc1cc(OCc2cc(OCCOCCOCCOC)c(OCCOCCOCCOC)c(OCCOCCOCCOC)c2)cc(OCc2cc(OCCOCCOCCOC)c(OCCOCCOCCOC)c(OCCOCCOCCOC)c2)c1. The summed E-state index contributed by atoms with van der Waals surface area (Å²) in [5.41, 5.74) is 2.06. The summed E-state index contributed by atoms with van der Waals surface area (Å²) in [5, 5.41) is 36.5. The molecule has 0 fully saturated rings. The van der Waals surface area contributed by atoms with Gasteiger partial charge in [-0.05, 0) is 129 Å². The highest BCUT2D eigenvalue weighted by atomic mass is 16.6. The number of hydrogen-bond donors (Lipinski definition) is 6. The maximum absolute atomic E-state index is 15.0. The Bertz CT molecular complexity index is 4020. The number of rotatable bonds is 87. The van der Waals surface area contributed by atoms with Crippen LogP contribution in [0.4, 0.5) is 0 Å². The zero-order valence-corrected chi connectivity index (χ0v) is 80.7. The van der Waals surface area contributed by atoms with Crippen molar-refractivity contribution >= 4 is 39.5 Å². The van der Waals surface area contributed by atoms with Crippen LogP contribution in [-0.4, -0.2) is 345 Å². The lowest BCUT2D eigenvalue weighted by atomic mass is 9.74. The van der Waals surface area contributed by atoms with Crippen LogP contribution >= 0.6 is 0 Å². The molecule has 0 unspecified atom stereocenters. The van der Waals surface area contributed by atoms with Crippen molar-refractivity contribution in [1.82, 2.24) is 31.2 Å². The first-order chi connectivity index (χ1) is 66.9. The zero-order valence-electron chi connectivity index (χ0n) is 80.7. The van der Waals surface area contributed by atoms with Crippen LogP contribution in [0.1, 0.15) is 102 Å². The third-order valence-corrected chi connectivity index (χ3v) is 20.7. The molecule has 0 aliphatic heterocycles. The average Bonchev–Trinajstić information content (AvgIpc) is 0.781. The highest BCUT2D eigenvalue weighted by Crippen LogP contribution is 2.43. The van der Waals surface area contributed by atoms with Gasteiger partial charge in [-0.3, -0.25) is 24.4 Å². The monoisotopic (exact) mass is 1920 g/mol. The fourth-order valence-corrected chi connectivity index (χ4v) is 13.7. The molecule has 3 amide bonds. The van der Waals surface area contributed by atoms with E-state index in [0.717, 1.165) is 18.4 Å². The summed E-state index contributed by atoms with van der Waals surface area (Å²) in [4.78, 5) is 50.9. The van der Waals surface area contributed by atoms with Gasteiger partial charge in [-0.15, -0.1) is 0 Å². The van der Waals surface area contributed by atoms with Gasteiger partial charge in [0.15, 0.2) is 34.5 Å². The number of fused-ring (bicyclic) bond motifs is 2. The summed E-state index contributed by atoms with van der Waals surface area (Å²) in [6.07, 6.45) is 8.20. The molecule has 7 rings (SSSR count). The van der Waals surface area contributed by atoms with E-state index in [0.29, 0.717) is 302 Å². The van der Waals surface area contributed by atoms with E-state index in [1.165, 1.54) is 0 Å². The van der Waals surface area contributed by atoms with Crippen LogP contribution in [0.15, 0.2) is 103 Å². The molecule has 7 aromatic rings. The molecule has 0 bridgehead atoms. The summed E-state index contributed by atoms with van der Waals surface area (Å²) in [5.74, 6) is 1.54. The topological polar surface area (TPSA) is 406 Å². The Kier molecular flexibility index (Phi) is 60.8. The first-order valence-electron chi connectivity index (χ1n) is 46.9. The first-order valence-corrected chi connectivity index (χ1v) is 46.9. The molecule has 0 atom stereocenters. The van der Waals surface area contributed by atoms with Crippen molar-refractivity contribution in [3.8, 4) is 57.5 Å². The summed E-state index contributed by atoms with van der Waals surface area (Å²) in [6.45, 7) is 15.6. The number of phenols is 2. The van der Waals surface area contributed by atoms with E-state index in [-0.39, 0.29) is 134 Å². The molecule has 760 valence electrons. The van der Waals surface area contributed by atoms with Crippen LogP contribution in [0.2, 0.25) is 0 Å². The van der Waals surface area contributed by atoms with Crippen LogP contribution in [0.25, 0.3) is 21.8 Å². The van der Waals surface area contributed by atoms with Crippen molar-refractivity contribution < 1.29 is 148 Å². The van der Waals surface area contributed by atoms with E-state index >= 15 is 4.79 Å². The molecule has 136 heavy (non-hydrogen) atoms. The molecule has 5 aromatic carbocycles. The van der Waals surface area contributed by atoms with Crippen LogP contribution in [0.3, 0.4) is 0 Å². The highest BCUT2D eigenvalue weighted by Gasteiger charge is 2.37. The number of hydrogen-bond acceptors (Lipinski definition) is 34. The Morgan fingerprint density at radius 2 is 0.618 bits per heavy atom. The van der Waals surface area contributed by atoms with E-state index < -0.39 is 17.2 Å². The summed E-state index contributed by atoms with van der Waals surface area (Å²) < 4.78 is 153. The average molecular weight is 1920 g/mol. The fraction of sp³-hybridized carbons (Fsp3) is 0.606. The molecule has 0 saturated heterocycles. The van der Waals surface area contributed by atoms with Gasteiger partial charge in [0.1, 0.15) is 75.4 Å². The van der Waals surface area contributed by atoms with E-state index in [4.69, 9.17) is 123 Å². The van der Waals surface area contributed by atoms with Crippen LogP contribution < -0.4 is 59.2 Å². The number of ether oxygens (including phenoxy) is 26. The van der Waals surface area contributed by atoms with E-state index in [1.807, 2.05) is 42.5 Å². The van der Waals surface area contributed by atoms with Gasteiger partial charge in [0.05, 0.1) is 209 Å². The minimum Gasteiger partial charge on any atom is -0.505 e. The van der Waals surface area contributed by atoms with Crippen LogP contribution in [0.5, 0.6) is 57.5 Å². The van der Waals surface area contributed by atoms with Crippen molar-refractivity contribution in [2.45, 2.75) is 84.5 Å². The minimum absolute atomic E-state index is 0.00894. The second kappa shape index (κ2) is 72.8. The van der Waals surface area contributed by atoms with E-state index in [2.05, 4.69) is 38.2 Å². The van der Waals surface area contributed by atoms with Gasteiger partial charge < -0.3 is 155 Å². The molecule has 2 heterocycles. The smallest absolute Gasteiger partial charge is 0.255 e. The fourth-order valence-electron chi connectivity index (χ4n) is 13.7. The lowest BCUT2D eigenvalue weighted by Crippen LogP contribution is -2.43. The summed E-state index contributed by atoms with van der Waals surface area (Å²) in [6, 6.07) is 26.8. The van der Waals surface area contributed by atoms with Crippen LogP contribution in [0, 0.1) is 5.41 Å². The van der Waals surface area contributed by atoms with Crippen molar-refractivity contribution in [1.29, 1.82) is 0 Å². The molecule has 0 spiro atoms. The number of aromatic hydroxyl groups is 2. The summed E-state index contributed by atoms with van der Waals surface area (Å²) in [7, 11) is 9.70. The molecule has 37 nitrogen and oxygen atoms in total. The number of nitrogens with zero attached hydrogens (tertiary/aromatic N) is 2. The Hall–Kier alpha value is -9.43. The molecule has 0 aliphatic rings. The molecular weight excluding hydrogens is 1770 g/mol. The first kappa shape index (κ1) is 114. The molecule has 0 saturated carbocycles. The van der Waals surface area contributed by atoms with Crippen LogP contribution in [-0.2, 0) is 110 Å². The van der Waals surface area contributed by atoms with Gasteiger partial charge in [0, 0.05) is 103 Å². The number of carbonyl (C=O) groups excluding carboxylic acids is 3. The lowest BCUT2D eigenvalue weighted by Gasteiger charge is -2.33. The second-order valence-corrected chi connectivity index (χ2v) is 30.9. The van der Waals surface area contributed by atoms with Crippen molar-refractivity contribution in [3.63, 3.8) is 0 Å². The standard InChI is InChI=1S/C99H148N6O31/c1-8-9-22-99(23-14-29-103-96(108)84-20-18-80-16-12-27-101-90(80)92(84)106,24-15-30-104-97(109)85-21-19-81-17-13-28-102-91(81)93(85)107)98(110)105-26-11-10-25-100-74-77-67-82(135-75-78-69-86(129-61-55-123-49-43-117-37-31-111-2)94(133-65-59-127-53-47-121-41-35-115-6)87(70-78)130-62-56-124-50-44-118-38-32-112-3)73-83(68-77)136-76-79-71-88(131-63-57-125-51-45-119-39-33-113-4)95(134-66-60-128-54-48-122-42-36-116-7)89(72-79)132-64-58-126-52-46-120-40-34-114-5/h12-13,16-21,27-28,67-73,100,106-107H,8-11,14-15,22-26,29-66,74-76H2,1-7H3,(H,103,108)(H,104,109)(H,105,110). The largest absolute Gasteiger partial charge is 0.505 e. The Balaban J connectivity index is 1.16. The van der Waals surface area contributed by atoms with Gasteiger partial charge in [-0.2, -0.15) is 0 Å². The third-order valence-electron chi connectivity index (χ3n) is 20.7.